The molecule has 2 aromatic carbocycles. The van der Waals surface area contributed by atoms with E-state index >= 15 is 0 Å². The standard InChI is InChI=1S/C24H25N3O3S/c1-17-25-21(16-31-17)15-27-13-11-19(12-14-27)24(29)30-22-9-7-20(8-10-22)26-23(28)18-5-3-2-4-6-18/h2-10,16,19H,11-15H2,1H3,(H,26,28). The zero-order chi connectivity index (χ0) is 21.6. The predicted octanol–water partition coefficient (Wildman–Crippen LogP) is 4.52. The van der Waals surface area contributed by atoms with Crippen LogP contribution in [0.1, 0.15) is 33.9 Å². The summed E-state index contributed by atoms with van der Waals surface area (Å²) >= 11 is 1.67. The molecule has 0 aliphatic carbocycles. The summed E-state index contributed by atoms with van der Waals surface area (Å²) in [5.41, 5.74) is 2.34. The first-order valence-corrected chi connectivity index (χ1v) is 11.3. The number of nitrogens with one attached hydrogen (secondary N) is 1. The molecule has 0 saturated carbocycles. The van der Waals surface area contributed by atoms with Crippen LogP contribution in [0.4, 0.5) is 5.69 Å². The fraction of sp³-hybridized carbons (Fsp3) is 0.292. The number of amides is 1. The maximum atomic E-state index is 12.6. The van der Waals surface area contributed by atoms with Crippen molar-refractivity contribution in [1.82, 2.24) is 9.88 Å². The van der Waals surface area contributed by atoms with E-state index in [0.29, 0.717) is 17.0 Å². The number of aromatic nitrogens is 1. The Morgan fingerprint density at radius 3 is 2.45 bits per heavy atom. The molecule has 31 heavy (non-hydrogen) atoms. The molecule has 1 saturated heterocycles. The molecule has 1 aliphatic rings. The summed E-state index contributed by atoms with van der Waals surface area (Å²) in [7, 11) is 0. The number of hydrogen-bond acceptors (Lipinski definition) is 6. The number of anilines is 1. The molecule has 7 heteroatoms. The van der Waals surface area contributed by atoms with Gasteiger partial charge in [-0.2, -0.15) is 0 Å². The summed E-state index contributed by atoms with van der Waals surface area (Å²) in [5, 5.41) is 6.02. The highest BCUT2D eigenvalue weighted by Gasteiger charge is 2.27. The highest BCUT2D eigenvalue weighted by Crippen LogP contribution is 2.23. The molecular formula is C24H25N3O3S. The lowest BCUT2D eigenvalue weighted by Crippen LogP contribution is -2.37. The van der Waals surface area contributed by atoms with Crippen LogP contribution >= 0.6 is 11.3 Å². The number of thiazole rings is 1. The molecule has 0 spiro atoms. The largest absolute Gasteiger partial charge is 0.426 e. The van der Waals surface area contributed by atoms with E-state index in [4.69, 9.17) is 4.74 Å². The third-order valence-electron chi connectivity index (χ3n) is 5.34. The molecule has 1 fully saturated rings. The van der Waals surface area contributed by atoms with Crippen LogP contribution in [-0.2, 0) is 11.3 Å². The molecule has 1 aromatic heterocycles. The summed E-state index contributed by atoms with van der Waals surface area (Å²) < 4.78 is 5.57. The number of nitrogens with zero attached hydrogens (tertiary/aromatic N) is 2. The van der Waals surface area contributed by atoms with Gasteiger partial charge < -0.3 is 10.1 Å². The number of benzene rings is 2. The van der Waals surface area contributed by atoms with Gasteiger partial charge >= 0.3 is 5.97 Å². The van der Waals surface area contributed by atoms with E-state index in [9.17, 15) is 9.59 Å². The van der Waals surface area contributed by atoms with E-state index in [2.05, 4.69) is 20.6 Å². The molecule has 0 radical (unpaired) electrons. The molecule has 1 N–H and O–H groups in total. The molecule has 6 nitrogen and oxygen atoms in total. The summed E-state index contributed by atoms with van der Waals surface area (Å²) in [5.74, 6) is 0.0316. The van der Waals surface area contributed by atoms with Gasteiger partial charge in [0.15, 0.2) is 0 Å². The van der Waals surface area contributed by atoms with Crippen molar-refractivity contribution in [2.45, 2.75) is 26.3 Å². The molecule has 3 aromatic rings. The van der Waals surface area contributed by atoms with Crippen LogP contribution in [0.3, 0.4) is 0 Å². The van der Waals surface area contributed by atoms with Crippen molar-refractivity contribution in [3.05, 3.63) is 76.2 Å². The minimum Gasteiger partial charge on any atom is -0.426 e. The molecule has 1 aliphatic heterocycles. The van der Waals surface area contributed by atoms with Crippen LogP contribution in [0.2, 0.25) is 0 Å². The maximum absolute atomic E-state index is 12.6. The summed E-state index contributed by atoms with van der Waals surface area (Å²) in [6, 6.07) is 15.9. The second-order valence-corrected chi connectivity index (χ2v) is 8.74. The molecule has 2 heterocycles. The number of likely N-dealkylation sites (tertiary alicyclic amines) is 1. The van der Waals surface area contributed by atoms with E-state index < -0.39 is 0 Å². The molecule has 4 rings (SSSR count). The number of aryl methyl sites for hydroxylation is 1. The Kier molecular flexibility index (Phi) is 6.74. The first kappa shape index (κ1) is 21.2. The topological polar surface area (TPSA) is 71.5 Å². The molecule has 0 bridgehead atoms. The Balaban J connectivity index is 1.25. The average Bonchev–Trinajstić information content (AvgIpc) is 3.20. The van der Waals surface area contributed by atoms with Crippen molar-refractivity contribution in [2.24, 2.45) is 5.92 Å². The minimum atomic E-state index is -0.190. The van der Waals surface area contributed by atoms with Crippen molar-refractivity contribution in [3.63, 3.8) is 0 Å². The minimum absolute atomic E-state index is 0.0918. The van der Waals surface area contributed by atoms with Gasteiger partial charge in [-0.05, 0) is 69.3 Å². The molecule has 0 unspecified atom stereocenters. The zero-order valence-electron chi connectivity index (χ0n) is 17.4. The van der Waals surface area contributed by atoms with E-state index in [0.717, 1.165) is 43.2 Å². The lowest BCUT2D eigenvalue weighted by molar-refractivity contribution is -0.140. The number of esters is 1. The van der Waals surface area contributed by atoms with Crippen LogP contribution in [0.15, 0.2) is 60.0 Å². The van der Waals surface area contributed by atoms with Crippen molar-refractivity contribution in [2.75, 3.05) is 18.4 Å². The predicted molar refractivity (Wildman–Crippen MR) is 121 cm³/mol. The number of piperidine rings is 1. The van der Waals surface area contributed by atoms with E-state index in [1.165, 1.54) is 0 Å². The Hall–Kier alpha value is -3.03. The van der Waals surface area contributed by atoms with E-state index in [-0.39, 0.29) is 17.8 Å². The molecule has 1 amide bonds. The van der Waals surface area contributed by atoms with Crippen molar-refractivity contribution >= 4 is 28.9 Å². The number of rotatable bonds is 6. The van der Waals surface area contributed by atoms with Gasteiger partial charge in [-0.25, -0.2) is 4.98 Å². The van der Waals surface area contributed by atoms with Crippen LogP contribution in [0, 0.1) is 12.8 Å². The first-order valence-electron chi connectivity index (χ1n) is 10.4. The quantitative estimate of drug-likeness (QED) is 0.455. The van der Waals surface area contributed by atoms with Gasteiger partial charge in [0.2, 0.25) is 0 Å². The van der Waals surface area contributed by atoms with Gasteiger partial charge in [0.05, 0.1) is 16.6 Å². The number of carbonyl (C=O) groups is 2. The third kappa shape index (κ3) is 5.77. The number of carbonyl (C=O) groups excluding carboxylic acids is 2. The van der Waals surface area contributed by atoms with Crippen LogP contribution in [-0.4, -0.2) is 34.8 Å². The molecule has 160 valence electrons. The maximum Gasteiger partial charge on any atom is 0.314 e. The summed E-state index contributed by atoms with van der Waals surface area (Å²) in [6.45, 7) is 4.57. The Bertz CT molecular complexity index is 1030. The Morgan fingerprint density at radius 1 is 1.10 bits per heavy atom. The second-order valence-electron chi connectivity index (χ2n) is 7.67. The van der Waals surface area contributed by atoms with Crippen molar-refractivity contribution < 1.29 is 14.3 Å². The van der Waals surface area contributed by atoms with Gasteiger partial charge in [-0.3, -0.25) is 14.5 Å². The smallest absolute Gasteiger partial charge is 0.314 e. The van der Waals surface area contributed by atoms with Crippen LogP contribution in [0.25, 0.3) is 0 Å². The number of hydrogen-bond donors (Lipinski definition) is 1. The second kappa shape index (κ2) is 9.85. The van der Waals surface area contributed by atoms with E-state index in [1.54, 1.807) is 47.7 Å². The average molecular weight is 436 g/mol. The van der Waals surface area contributed by atoms with Gasteiger partial charge in [0.25, 0.3) is 5.91 Å². The van der Waals surface area contributed by atoms with Gasteiger partial charge in [0, 0.05) is 23.2 Å². The van der Waals surface area contributed by atoms with E-state index in [1.807, 2.05) is 25.1 Å². The van der Waals surface area contributed by atoms with Gasteiger partial charge in [0.1, 0.15) is 5.75 Å². The lowest BCUT2D eigenvalue weighted by atomic mass is 9.97. The molecular weight excluding hydrogens is 410 g/mol. The van der Waals surface area contributed by atoms with Crippen molar-refractivity contribution in [3.8, 4) is 5.75 Å². The third-order valence-corrected chi connectivity index (χ3v) is 6.16. The zero-order valence-corrected chi connectivity index (χ0v) is 18.2. The van der Waals surface area contributed by atoms with Crippen LogP contribution in [0.5, 0.6) is 5.75 Å². The summed E-state index contributed by atoms with van der Waals surface area (Å²) in [4.78, 5) is 31.6. The normalized spacial score (nSPS) is 14.9. The Labute approximate surface area is 185 Å². The van der Waals surface area contributed by atoms with Gasteiger partial charge in [-0.15, -0.1) is 11.3 Å². The van der Waals surface area contributed by atoms with Crippen molar-refractivity contribution in [1.29, 1.82) is 0 Å². The van der Waals surface area contributed by atoms with Gasteiger partial charge in [-0.1, -0.05) is 18.2 Å². The SMILES string of the molecule is Cc1nc(CN2CCC(C(=O)Oc3ccc(NC(=O)c4ccccc4)cc3)CC2)cs1. The fourth-order valence-corrected chi connectivity index (χ4v) is 4.24. The Morgan fingerprint density at radius 2 is 1.81 bits per heavy atom. The number of ether oxygens (including phenoxy) is 1. The fourth-order valence-electron chi connectivity index (χ4n) is 3.64. The first-order chi connectivity index (χ1) is 15.1. The highest BCUT2D eigenvalue weighted by atomic mass is 32.1. The highest BCUT2D eigenvalue weighted by molar-refractivity contribution is 7.09. The lowest BCUT2D eigenvalue weighted by Gasteiger charge is -2.30. The monoisotopic (exact) mass is 435 g/mol. The molecule has 0 atom stereocenters. The van der Waals surface area contributed by atoms with Crippen LogP contribution < -0.4 is 10.1 Å². The summed E-state index contributed by atoms with van der Waals surface area (Å²) in [6.07, 6.45) is 1.57.